The van der Waals surface area contributed by atoms with Crippen LogP contribution in [0.4, 0.5) is 0 Å². The van der Waals surface area contributed by atoms with Crippen LogP contribution in [0.25, 0.3) is 0 Å². The predicted octanol–water partition coefficient (Wildman–Crippen LogP) is 1.74. The molecule has 0 spiro atoms. The number of aliphatic hydroxyl groups is 1. The Bertz CT molecular complexity index is 464. The largest absolute Gasteiger partial charge is 0.393 e. The fourth-order valence-corrected chi connectivity index (χ4v) is 3.45. The van der Waals surface area contributed by atoms with E-state index < -0.39 is 15.9 Å². The molecule has 90 valence electrons. The van der Waals surface area contributed by atoms with Gasteiger partial charge in [-0.3, -0.25) is 0 Å². The van der Waals surface area contributed by atoms with Gasteiger partial charge < -0.3 is 5.11 Å². The third kappa shape index (κ3) is 3.50. The minimum absolute atomic E-state index is 0.346. The van der Waals surface area contributed by atoms with Gasteiger partial charge in [-0.1, -0.05) is 6.07 Å². The maximum absolute atomic E-state index is 11.6. The van der Waals surface area contributed by atoms with Gasteiger partial charge in [-0.2, -0.15) is 0 Å². The SMILES string of the molecule is CSc1ccc(CC(C)O)cc1S(C)(=O)=O. The Balaban J connectivity index is 3.22. The van der Waals surface area contributed by atoms with Gasteiger partial charge in [0.25, 0.3) is 0 Å². The van der Waals surface area contributed by atoms with Gasteiger partial charge in [0.05, 0.1) is 11.0 Å². The minimum Gasteiger partial charge on any atom is -0.393 e. The summed E-state index contributed by atoms with van der Waals surface area (Å²) in [6.45, 7) is 1.68. The zero-order chi connectivity index (χ0) is 12.3. The highest BCUT2D eigenvalue weighted by Crippen LogP contribution is 2.26. The molecule has 5 heteroatoms. The van der Waals surface area contributed by atoms with E-state index in [2.05, 4.69) is 0 Å². The van der Waals surface area contributed by atoms with Crippen LogP contribution in [-0.4, -0.2) is 32.1 Å². The molecular formula is C11H16O3S2. The molecule has 1 aromatic carbocycles. The highest BCUT2D eigenvalue weighted by atomic mass is 32.2. The summed E-state index contributed by atoms with van der Waals surface area (Å²) in [6, 6.07) is 5.29. The maximum Gasteiger partial charge on any atom is 0.176 e. The first-order valence-corrected chi connectivity index (χ1v) is 8.01. The average Bonchev–Trinajstić information content (AvgIpc) is 2.15. The number of sulfone groups is 1. The van der Waals surface area contributed by atoms with Gasteiger partial charge >= 0.3 is 0 Å². The van der Waals surface area contributed by atoms with Crippen LogP contribution in [0.3, 0.4) is 0 Å². The van der Waals surface area contributed by atoms with Crippen LogP contribution in [0.15, 0.2) is 28.0 Å². The molecule has 0 saturated heterocycles. The van der Waals surface area contributed by atoms with E-state index in [1.54, 1.807) is 19.1 Å². The molecule has 3 nitrogen and oxygen atoms in total. The van der Waals surface area contributed by atoms with Crippen molar-refractivity contribution in [1.82, 2.24) is 0 Å². The number of hydrogen-bond acceptors (Lipinski definition) is 4. The van der Waals surface area contributed by atoms with Crippen LogP contribution in [0.1, 0.15) is 12.5 Å². The van der Waals surface area contributed by atoms with E-state index in [1.807, 2.05) is 12.3 Å². The van der Waals surface area contributed by atoms with Crippen molar-refractivity contribution in [3.63, 3.8) is 0 Å². The summed E-state index contributed by atoms with van der Waals surface area (Å²) in [5.41, 5.74) is 0.841. The van der Waals surface area contributed by atoms with Gasteiger partial charge in [0.2, 0.25) is 0 Å². The Morgan fingerprint density at radius 2 is 2.06 bits per heavy atom. The Hall–Kier alpha value is -0.520. The van der Waals surface area contributed by atoms with E-state index in [0.717, 1.165) is 10.5 Å². The monoisotopic (exact) mass is 260 g/mol. The minimum atomic E-state index is -3.21. The first kappa shape index (κ1) is 13.5. The van der Waals surface area contributed by atoms with E-state index >= 15 is 0 Å². The molecule has 0 aromatic heterocycles. The van der Waals surface area contributed by atoms with E-state index in [1.165, 1.54) is 18.0 Å². The molecule has 16 heavy (non-hydrogen) atoms. The molecule has 1 N–H and O–H groups in total. The van der Waals surface area contributed by atoms with Gasteiger partial charge in [-0.15, -0.1) is 11.8 Å². The van der Waals surface area contributed by atoms with Crippen LogP contribution in [0, 0.1) is 0 Å². The zero-order valence-electron chi connectivity index (χ0n) is 9.60. The highest BCUT2D eigenvalue weighted by molar-refractivity contribution is 7.99. The lowest BCUT2D eigenvalue weighted by Crippen LogP contribution is -2.06. The van der Waals surface area contributed by atoms with Crippen molar-refractivity contribution in [3.8, 4) is 0 Å². The van der Waals surface area contributed by atoms with Crippen molar-refractivity contribution in [2.45, 2.75) is 29.2 Å². The van der Waals surface area contributed by atoms with Crippen LogP contribution >= 0.6 is 11.8 Å². The molecule has 0 saturated carbocycles. The lowest BCUT2D eigenvalue weighted by molar-refractivity contribution is 0.195. The molecule has 0 bridgehead atoms. The van der Waals surface area contributed by atoms with Gasteiger partial charge in [0.1, 0.15) is 0 Å². The number of benzene rings is 1. The summed E-state index contributed by atoms with van der Waals surface area (Å²) in [4.78, 5) is 1.09. The third-order valence-electron chi connectivity index (χ3n) is 2.16. The summed E-state index contributed by atoms with van der Waals surface area (Å²) in [5, 5.41) is 9.27. The molecular weight excluding hydrogens is 244 g/mol. The van der Waals surface area contributed by atoms with Gasteiger partial charge in [0.15, 0.2) is 9.84 Å². The van der Waals surface area contributed by atoms with E-state index in [4.69, 9.17) is 0 Å². The van der Waals surface area contributed by atoms with Crippen molar-refractivity contribution < 1.29 is 13.5 Å². The number of aliphatic hydroxyl groups excluding tert-OH is 1. The summed E-state index contributed by atoms with van der Waals surface area (Å²) < 4.78 is 23.1. The number of thioether (sulfide) groups is 1. The van der Waals surface area contributed by atoms with Crippen molar-refractivity contribution in [1.29, 1.82) is 0 Å². The summed E-state index contributed by atoms with van der Waals surface area (Å²) in [7, 11) is -3.21. The fraction of sp³-hybridized carbons (Fsp3) is 0.455. The Morgan fingerprint density at radius 1 is 1.44 bits per heavy atom. The van der Waals surface area contributed by atoms with E-state index in [0.29, 0.717) is 11.3 Å². The molecule has 0 aliphatic heterocycles. The van der Waals surface area contributed by atoms with Crippen molar-refractivity contribution in [3.05, 3.63) is 23.8 Å². The Kier molecular flexibility index (Phi) is 4.41. The first-order valence-electron chi connectivity index (χ1n) is 4.89. The average molecular weight is 260 g/mol. The lowest BCUT2D eigenvalue weighted by Gasteiger charge is -2.09. The first-order chi connectivity index (χ1) is 7.34. The molecule has 0 aliphatic carbocycles. The zero-order valence-corrected chi connectivity index (χ0v) is 11.2. The molecule has 1 atom stereocenters. The molecule has 0 fully saturated rings. The Morgan fingerprint density at radius 3 is 2.50 bits per heavy atom. The smallest absolute Gasteiger partial charge is 0.176 e. The fourth-order valence-electron chi connectivity index (χ4n) is 1.48. The molecule has 0 amide bonds. The second-order valence-corrected chi connectivity index (χ2v) is 6.64. The summed E-state index contributed by atoms with van der Waals surface area (Å²) in [6.07, 6.45) is 3.05. The Labute approximate surface area is 101 Å². The standard InChI is InChI=1S/C11H16O3S2/c1-8(12)6-9-4-5-10(15-2)11(7-9)16(3,13)14/h4-5,7-8,12H,6H2,1-3H3. The lowest BCUT2D eigenvalue weighted by atomic mass is 10.1. The summed E-state index contributed by atoms with van der Waals surface area (Å²) >= 11 is 1.41. The molecule has 0 heterocycles. The van der Waals surface area contributed by atoms with E-state index in [-0.39, 0.29) is 0 Å². The molecule has 1 rings (SSSR count). The van der Waals surface area contributed by atoms with Gasteiger partial charge in [-0.05, 0) is 37.3 Å². The highest BCUT2D eigenvalue weighted by Gasteiger charge is 2.14. The van der Waals surface area contributed by atoms with E-state index in [9.17, 15) is 13.5 Å². The second-order valence-electron chi connectivity index (χ2n) is 3.81. The normalized spacial score (nSPS) is 13.8. The van der Waals surface area contributed by atoms with Crippen LogP contribution < -0.4 is 0 Å². The van der Waals surface area contributed by atoms with Crippen molar-refractivity contribution >= 4 is 21.6 Å². The van der Waals surface area contributed by atoms with Gasteiger partial charge in [0, 0.05) is 11.2 Å². The van der Waals surface area contributed by atoms with Crippen molar-refractivity contribution in [2.24, 2.45) is 0 Å². The quantitative estimate of drug-likeness (QED) is 0.838. The topological polar surface area (TPSA) is 54.4 Å². The molecule has 0 radical (unpaired) electrons. The van der Waals surface area contributed by atoms with Gasteiger partial charge in [-0.25, -0.2) is 8.42 Å². The van der Waals surface area contributed by atoms with Crippen molar-refractivity contribution in [2.75, 3.05) is 12.5 Å². The van der Waals surface area contributed by atoms with Crippen LogP contribution in [0.2, 0.25) is 0 Å². The number of hydrogen-bond donors (Lipinski definition) is 1. The molecule has 1 unspecified atom stereocenters. The van der Waals surface area contributed by atoms with Crippen LogP contribution in [0.5, 0.6) is 0 Å². The van der Waals surface area contributed by atoms with Crippen LogP contribution in [-0.2, 0) is 16.3 Å². The number of rotatable bonds is 4. The second kappa shape index (κ2) is 5.21. The predicted molar refractivity (Wildman–Crippen MR) is 66.7 cm³/mol. The third-order valence-corrected chi connectivity index (χ3v) is 4.22. The summed E-state index contributed by atoms with van der Waals surface area (Å²) in [5.74, 6) is 0. The molecule has 1 aromatic rings. The molecule has 0 aliphatic rings. The maximum atomic E-state index is 11.6.